The van der Waals surface area contributed by atoms with Crippen LogP contribution in [0, 0.1) is 0 Å². The Morgan fingerprint density at radius 2 is 2.21 bits per heavy atom. The third kappa shape index (κ3) is 1.50. The summed E-state index contributed by atoms with van der Waals surface area (Å²) in [6.07, 6.45) is 3.48. The summed E-state index contributed by atoms with van der Waals surface area (Å²) in [6.45, 7) is 0. The van der Waals surface area contributed by atoms with Gasteiger partial charge in [0.05, 0.1) is 5.69 Å². The average Bonchev–Trinajstić information content (AvgIpc) is 2.71. The van der Waals surface area contributed by atoms with Gasteiger partial charge in [0.25, 0.3) is 0 Å². The monoisotopic (exact) mass is 187 g/mol. The quantitative estimate of drug-likeness (QED) is 0.761. The first-order valence-electron chi connectivity index (χ1n) is 4.17. The van der Waals surface area contributed by atoms with Gasteiger partial charge in [0.1, 0.15) is 0 Å². The number of benzene rings is 1. The fourth-order valence-corrected chi connectivity index (χ4v) is 1.22. The summed E-state index contributed by atoms with van der Waals surface area (Å²) in [4.78, 5) is 10.9. The molecule has 0 saturated carbocycles. The molecule has 1 aromatic heterocycles. The van der Waals surface area contributed by atoms with E-state index in [4.69, 9.17) is 5.73 Å². The van der Waals surface area contributed by atoms with E-state index in [1.165, 1.54) is 0 Å². The molecule has 0 bridgehead atoms. The maximum absolute atomic E-state index is 10.9. The van der Waals surface area contributed by atoms with E-state index in [1.807, 2.05) is 12.1 Å². The molecule has 0 radical (unpaired) electrons. The van der Waals surface area contributed by atoms with Crippen LogP contribution in [-0.2, 0) is 0 Å². The minimum absolute atomic E-state index is 0.431. The Hall–Kier alpha value is -2.10. The Morgan fingerprint density at radius 3 is 2.86 bits per heavy atom. The lowest BCUT2D eigenvalue weighted by molar-refractivity contribution is 0.100. The first-order valence-corrected chi connectivity index (χ1v) is 4.17. The fraction of sp³-hybridized carbons (Fsp3) is 0. The SMILES string of the molecule is NC(=O)c1cccc(-n2cccn2)c1. The van der Waals surface area contributed by atoms with E-state index in [0.29, 0.717) is 5.56 Å². The molecular weight excluding hydrogens is 178 g/mol. The van der Waals surface area contributed by atoms with Crippen LogP contribution >= 0.6 is 0 Å². The summed E-state index contributed by atoms with van der Waals surface area (Å²) in [5.74, 6) is -0.431. The van der Waals surface area contributed by atoms with Crippen LogP contribution < -0.4 is 5.73 Å². The molecule has 1 aromatic carbocycles. The molecule has 0 aliphatic rings. The third-order valence-corrected chi connectivity index (χ3v) is 1.90. The number of hydrogen-bond acceptors (Lipinski definition) is 2. The first kappa shape index (κ1) is 8.50. The predicted octanol–water partition coefficient (Wildman–Crippen LogP) is 0.971. The summed E-state index contributed by atoms with van der Waals surface area (Å²) in [6, 6.07) is 8.83. The second-order valence-corrected chi connectivity index (χ2v) is 2.87. The van der Waals surface area contributed by atoms with Crippen LogP contribution in [0.4, 0.5) is 0 Å². The predicted molar refractivity (Wildman–Crippen MR) is 52.1 cm³/mol. The smallest absolute Gasteiger partial charge is 0.248 e. The highest BCUT2D eigenvalue weighted by Gasteiger charge is 2.01. The molecule has 0 aliphatic carbocycles. The van der Waals surface area contributed by atoms with Crippen LogP contribution in [0.25, 0.3) is 5.69 Å². The molecule has 70 valence electrons. The molecule has 0 spiro atoms. The lowest BCUT2D eigenvalue weighted by Crippen LogP contribution is -2.11. The summed E-state index contributed by atoms with van der Waals surface area (Å²) >= 11 is 0. The lowest BCUT2D eigenvalue weighted by atomic mass is 10.2. The zero-order valence-electron chi connectivity index (χ0n) is 7.42. The van der Waals surface area contributed by atoms with E-state index >= 15 is 0 Å². The molecule has 1 amide bonds. The standard InChI is InChI=1S/C10H9N3O/c11-10(14)8-3-1-4-9(7-8)13-6-2-5-12-13/h1-7H,(H2,11,14). The van der Waals surface area contributed by atoms with Crippen molar-refractivity contribution in [3.8, 4) is 5.69 Å². The van der Waals surface area contributed by atoms with E-state index in [9.17, 15) is 4.79 Å². The molecule has 2 aromatic rings. The molecule has 14 heavy (non-hydrogen) atoms. The number of nitrogens with zero attached hydrogens (tertiary/aromatic N) is 2. The summed E-state index contributed by atoms with van der Waals surface area (Å²) < 4.78 is 1.67. The lowest BCUT2D eigenvalue weighted by Gasteiger charge is -2.02. The number of carbonyl (C=O) groups is 1. The van der Waals surface area contributed by atoms with Crippen molar-refractivity contribution in [1.82, 2.24) is 9.78 Å². The highest BCUT2D eigenvalue weighted by atomic mass is 16.1. The van der Waals surface area contributed by atoms with Gasteiger partial charge in [0.2, 0.25) is 5.91 Å². The van der Waals surface area contributed by atoms with Crippen LogP contribution in [0.2, 0.25) is 0 Å². The van der Waals surface area contributed by atoms with Crippen LogP contribution in [0.3, 0.4) is 0 Å². The van der Waals surface area contributed by atoms with Crippen molar-refractivity contribution in [3.63, 3.8) is 0 Å². The molecule has 4 nitrogen and oxygen atoms in total. The van der Waals surface area contributed by atoms with E-state index in [0.717, 1.165) is 5.69 Å². The second kappa shape index (κ2) is 3.33. The molecule has 1 heterocycles. The first-order chi connectivity index (χ1) is 6.77. The fourth-order valence-electron chi connectivity index (χ4n) is 1.22. The summed E-state index contributed by atoms with van der Waals surface area (Å²) in [5.41, 5.74) is 6.48. The van der Waals surface area contributed by atoms with Gasteiger partial charge in [0, 0.05) is 18.0 Å². The minimum atomic E-state index is -0.431. The Labute approximate surface area is 81.0 Å². The van der Waals surface area contributed by atoms with Gasteiger partial charge in [-0.05, 0) is 24.3 Å². The normalized spacial score (nSPS) is 10.0. The van der Waals surface area contributed by atoms with Crippen molar-refractivity contribution in [2.75, 3.05) is 0 Å². The van der Waals surface area contributed by atoms with Gasteiger partial charge in [-0.15, -0.1) is 0 Å². The van der Waals surface area contributed by atoms with Gasteiger partial charge in [-0.2, -0.15) is 5.10 Å². The van der Waals surface area contributed by atoms with Gasteiger partial charge >= 0.3 is 0 Å². The minimum Gasteiger partial charge on any atom is -0.366 e. The molecule has 2 N–H and O–H groups in total. The number of aromatic nitrogens is 2. The summed E-state index contributed by atoms with van der Waals surface area (Å²) in [5, 5.41) is 4.05. The maximum atomic E-state index is 10.9. The number of primary amides is 1. The van der Waals surface area contributed by atoms with E-state index in [-0.39, 0.29) is 0 Å². The molecule has 0 saturated heterocycles. The van der Waals surface area contributed by atoms with Gasteiger partial charge in [0.15, 0.2) is 0 Å². The Bertz CT molecular complexity index is 448. The van der Waals surface area contributed by atoms with Crippen molar-refractivity contribution in [2.45, 2.75) is 0 Å². The topological polar surface area (TPSA) is 60.9 Å². The number of nitrogens with two attached hydrogens (primary N) is 1. The Kier molecular flexibility index (Phi) is 2.02. The highest BCUT2D eigenvalue weighted by Crippen LogP contribution is 2.08. The van der Waals surface area contributed by atoms with Gasteiger partial charge in [-0.3, -0.25) is 4.79 Å². The molecule has 0 aliphatic heterocycles. The van der Waals surface area contributed by atoms with Crippen molar-refractivity contribution in [3.05, 3.63) is 48.3 Å². The van der Waals surface area contributed by atoms with Gasteiger partial charge in [-0.1, -0.05) is 6.07 Å². The average molecular weight is 187 g/mol. The zero-order chi connectivity index (χ0) is 9.97. The molecular formula is C10H9N3O. The van der Waals surface area contributed by atoms with Crippen molar-refractivity contribution < 1.29 is 4.79 Å². The number of carbonyl (C=O) groups excluding carboxylic acids is 1. The van der Waals surface area contributed by atoms with Gasteiger partial charge < -0.3 is 5.73 Å². The Balaban J connectivity index is 2.46. The van der Waals surface area contributed by atoms with Crippen molar-refractivity contribution >= 4 is 5.91 Å². The van der Waals surface area contributed by atoms with Crippen molar-refractivity contribution in [1.29, 1.82) is 0 Å². The molecule has 0 atom stereocenters. The van der Waals surface area contributed by atoms with Crippen LogP contribution in [0.5, 0.6) is 0 Å². The Morgan fingerprint density at radius 1 is 1.36 bits per heavy atom. The van der Waals surface area contributed by atoms with Crippen LogP contribution in [0.1, 0.15) is 10.4 Å². The van der Waals surface area contributed by atoms with E-state index in [1.54, 1.807) is 35.3 Å². The largest absolute Gasteiger partial charge is 0.366 e. The van der Waals surface area contributed by atoms with Gasteiger partial charge in [-0.25, -0.2) is 4.68 Å². The summed E-state index contributed by atoms with van der Waals surface area (Å²) in [7, 11) is 0. The highest BCUT2D eigenvalue weighted by molar-refractivity contribution is 5.93. The molecule has 0 fully saturated rings. The van der Waals surface area contributed by atoms with Crippen LogP contribution in [-0.4, -0.2) is 15.7 Å². The van der Waals surface area contributed by atoms with E-state index < -0.39 is 5.91 Å². The van der Waals surface area contributed by atoms with Crippen molar-refractivity contribution in [2.24, 2.45) is 5.73 Å². The maximum Gasteiger partial charge on any atom is 0.248 e. The number of amides is 1. The van der Waals surface area contributed by atoms with Crippen LogP contribution in [0.15, 0.2) is 42.7 Å². The van der Waals surface area contributed by atoms with E-state index in [2.05, 4.69) is 5.10 Å². The number of rotatable bonds is 2. The zero-order valence-corrected chi connectivity index (χ0v) is 7.42. The third-order valence-electron chi connectivity index (χ3n) is 1.90. The molecule has 0 unspecified atom stereocenters. The molecule has 4 heteroatoms. The number of hydrogen-bond donors (Lipinski definition) is 1. The molecule has 2 rings (SSSR count). The second-order valence-electron chi connectivity index (χ2n) is 2.87.